The number of nitrogens with zero attached hydrogens (tertiary/aromatic N) is 3. The van der Waals surface area contributed by atoms with E-state index in [0.717, 1.165) is 12.4 Å². The molecule has 0 aromatic carbocycles. The van der Waals surface area contributed by atoms with E-state index in [0.29, 0.717) is 19.1 Å². The van der Waals surface area contributed by atoms with Gasteiger partial charge in [0.25, 0.3) is 0 Å². The van der Waals surface area contributed by atoms with Crippen LogP contribution in [0.2, 0.25) is 0 Å². The molecule has 0 aliphatic rings. The Bertz CT molecular complexity index is 380. The van der Waals surface area contributed by atoms with E-state index in [9.17, 15) is 10.1 Å². The van der Waals surface area contributed by atoms with Gasteiger partial charge in [-0.3, -0.25) is 10.1 Å². The van der Waals surface area contributed by atoms with Crippen molar-refractivity contribution in [3.63, 3.8) is 0 Å². The Morgan fingerprint density at radius 3 is 2.82 bits per heavy atom. The summed E-state index contributed by atoms with van der Waals surface area (Å²) in [7, 11) is 0. The molecule has 0 aliphatic carbocycles. The molecule has 1 aromatic rings. The monoisotopic (exact) mass is 238 g/mol. The molecule has 0 spiro atoms. The summed E-state index contributed by atoms with van der Waals surface area (Å²) in [6.07, 6.45) is 3.96. The lowest BCUT2D eigenvalue weighted by atomic mass is 10.4. The smallest absolute Gasteiger partial charge is 0.305 e. The first kappa shape index (κ1) is 13.0. The summed E-state index contributed by atoms with van der Waals surface area (Å²) in [5, 5.41) is 13.3. The van der Waals surface area contributed by atoms with Crippen molar-refractivity contribution in [3.8, 4) is 0 Å². The van der Waals surface area contributed by atoms with E-state index in [4.69, 9.17) is 4.74 Å². The number of rotatable bonds is 7. The van der Waals surface area contributed by atoms with Gasteiger partial charge in [0.2, 0.25) is 5.95 Å². The standard InChI is InChI=1S/C10H14N4O3/c1-3-4-17-8(2)5-11-10-12-6-9(7-13-10)14(15)16/h3,6-8H,1,4-5H2,2H3,(H,11,12,13). The van der Waals surface area contributed by atoms with E-state index >= 15 is 0 Å². The highest BCUT2D eigenvalue weighted by Gasteiger charge is 2.07. The maximum atomic E-state index is 10.4. The Balaban J connectivity index is 2.41. The van der Waals surface area contributed by atoms with Crippen molar-refractivity contribution in [1.29, 1.82) is 0 Å². The highest BCUT2D eigenvalue weighted by molar-refractivity contribution is 5.30. The van der Waals surface area contributed by atoms with Crippen LogP contribution in [0, 0.1) is 10.1 Å². The quantitative estimate of drug-likeness (QED) is 0.438. The van der Waals surface area contributed by atoms with Gasteiger partial charge in [-0.15, -0.1) is 6.58 Å². The third kappa shape index (κ3) is 4.56. The summed E-state index contributed by atoms with van der Waals surface area (Å²) in [5.74, 6) is 0.338. The molecule has 7 nitrogen and oxygen atoms in total. The molecule has 1 unspecified atom stereocenters. The fourth-order valence-corrected chi connectivity index (χ4v) is 1.03. The van der Waals surface area contributed by atoms with Crippen molar-refractivity contribution in [3.05, 3.63) is 35.2 Å². The van der Waals surface area contributed by atoms with Gasteiger partial charge in [0.15, 0.2) is 0 Å². The number of aromatic nitrogens is 2. The van der Waals surface area contributed by atoms with Gasteiger partial charge in [-0.1, -0.05) is 6.08 Å². The summed E-state index contributed by atoms with van der Waals surface area (Å²) in [5.41, 5.74) is -0.133. The molecule has 1 aromatic heterocycles. The summed E-state index contributed by atoms with van der Waals surface area (Å²) in [6.45, 7) is 6.43. The minimum absolute atomic E-state index is 0.0215. The van der Waals surface area contributed by atoms with Crippen LogP contribution in [-0.2, 0) is 4.74 Å². The van der Waals surface area contributed by atoms with Gasteiger partial charge in [0, 0.05) is 6.54 Å². The molecule has 1 heterocycles. The van der Waals surface area contributed by atoms with Gasteiger partial charge >= 0.3 is 5.69 Å². The van der Waals surface area contributed by atoms with E-state index in [2.05, 4.69) is 21.9 Å². The van der Waals surface area contributed by atoms with Crippen LogP contribution in [0.25, 0.3) is 0 Å². The van der Waals surface area contributed by atoms with Crippen LogP contribution in [0.5, 0.6) is 0 Å². The van der Waals surface area contributed by atoms with E-state index in [1.165, 1.54) is 0 Å². The van der Waals surface area contributed by atoms with Gasteiger partial charge in [0.1, 0.15) is 12.4 Å². The molecule has 0 fully saturated rings. The molecule has 92 valence electrons. The first-order chi connectivity index (χ1) is 8.13. The number of anilines is 1. The van der Waals surface area contributed by atoms with Crippen molar-refractivity contribution >= 4 is 11.6 Å². The largest absolute Gasteiger partial charge is 0.373 e. The van der Waals surface area contributed by atoms with Gasteiger partial charge < -0.3 is 10.1 Å². The van der Waals surface area contributed by atoms with Crippen molar-refractivity contribution in [2.45, 2.75) is 13.0 Å². The van der Waals surface area contributed by atoms with Crippen molar-refractivity contribution in [2.75, 3.05) is 18.5 Å². The Labute approximate surface area is 98.7 Å². The molecule has 0 saturated carbocycles. The van der Waals surface area contributed by atoms with E-state index in [-0.39, 0.29) is 11.8 Å². The van der Waals surface area contributed by atoms with Crippen LogP contribution in [0.3, 0.4) is 0 Å². The predicted molar refractivity (Wildman–Crippen MR) is 62.8 cm³/mol. The molecule has 0 radical (unpaired) electrons. The van der Waals surface area contributed by atoms with Gasteiger partial charge in [-0.05, 0) is 6.92 Å². The van der Waals surface area contributed by atoms with Crippen LogP contribution < -0.4 is 5.32 Å². The topological polar surface area (TPSA) is 90.2 Å². The number of hydrogen-bond acceptors (Lipinski definition) is 6. The lowest BCUT2D eigenvalue weighted by Gasteiger charge is -2.12. The minimum atomic E-state index is -0.542. The lowest BCUT2D eigenvalue weighted by molar-refractivity contribution is -0.385. The zero-order chi connectivity index (χ0) is 12.7. The zero-order valence-electron chi connectivity index (χ0n) is 9.50. The molecule has 1 atom stereocenters. The predicted octanol–water partition coefficient (Wildman–Crippen LogP) is 1.39. The fraction of sp³-hybridized carbons (Fsp3) is 0.400. The third-order valence-electron chi connectivity index (χ3n) is 1.90. The Kier molecular flexibility index (Phi) is 5.02. The minimum Gasteiger partial charge on any atom is -0.373 e. The number of nitrogens with one attached hydrogen (secondary N) is 1. The van der Waals surface area contributed by atoms with Crippen molar-refractivity contribution < 1.29 is 9.66 Å². The second-order valence-electron chi connectivity index (χ2n) is 3.34. The maximum Gasteiger partial charge on any atom is 0.305 e. The summed E-state index contributed by atoms with van der Waals surface area (Å²) in [6, 6.07) is 0. The second kappa shape index (κ2) is 6.54. The maximum absolute atomic E-state index is 10.4. The SMILES string of the molecule is C=CCOC(C)CNc1ncc([N+](=O)[O-])cn1. The molecular weight excluding hydrogens is 224 g/mol. The molecule has 0 aliphatic heterocycles. The number of nitro groups is 1. The highest BCUT2D eigenvalue weighted by Crippen LogP contribution is 2.08. The van der Waals surface area contributed by atoms with Gasteiger partial charge in [-0.25, -0.2) is 9.97 Å². The lowest BCUT2D eigenvalue weighted by Crippen LogP contribution is -2.20. The number of hydrogen-bond donors (Lipinski definition) is 1. The molecule has 1 rings (SSSR count). The van der Waals surface area contributed by atoms with Crippen LogP contribution in [0.1, 0.15) is 6.92 Å². The van der Waals surface area contributed by atoms with Crippen LogP contribution in [0.4, 0.5) is 11.6 Å². The van der Waals surface area contributed by atoms with Crippen LogP contribution >= 0.6 is 0 Å². The average Bonchev–Trinajstić information content (AvgIpc) is 2.34. The van der Waals surface area contributed by atoms with Crippen LogP contribution in [-0.4, -0.2) is 34.1 Å². The normalized spacial score (nSPS) is 11.8. The molecule has 17 heavy (non-hydrogen) atoms. The van der Waals surface area contributed by atoms with Crippen molar-refractivity contribution in [1.82, 2.24) is 9.97 Å². The summed E-state index contributed by atoms with van der Waals surface area (Å²) in [4.78, 5) is 17.5. The first-order valence-corrected chi connectivity index (χ1v) is 5.06. The Hall–Kier alpha value is -2.02. The average molecular weight is 238 g/mol. The van der Waals surface area contributed by atoms with E-state index in [1.807, 2.05) is 6.92 Å². The molecular formula is C10H14N4O3. The van der Waals surface area contributed by atoms with Crippen LogP contribution in [0.15, 0.2) is 25.0 Å². The highest BCUT2D eigenvalue weighted by atomic mass is 16.6. The molecule has 1 N–H and O–H groups in total. The molecule has 7 heteroatoms. The molecule has 0 amide bonds. The third-order valence-corrected chi connectivity index (χ3v) is 1.90. The summed E-state index contributed by atoms with van der Waals surface area (Å²) < 4.78 is 5.33. The van der Waals surface area contributed by atoms with Gasteiger partial charge in [0.05, 0.1) is 17.6 Å². The first-order valence-electron chi connectivity index (χ1n) is 5.06. The van der Waals surface area contributed by atoms with E-state index < -0.39 is 4.92 Å². The summed E-state index contributed by atoms with van der Waals surface area (Å²) >= 11 is 0. The number of ether oxygens (including phenoxy) is 1. The molecule has 0 saturated heterocycles. The Morgan fingerprint density at radius 1 is 1.65 bits per heavy atom. The van der Waals surface area contributed by atoms with Crippen molar-refractivity contribution in [2.24, 2.45) is 0 Å². The Morgan fingerprint density at radius 2 is 2.29 bits per heavy atom. The van der Waals surface area contributed by atoms with E-state index in [1.54, 1.807) is 6.08 Å². The second-order valence-corrected chi connectivity index (χ2v) is 3.34. The molecule has 0 bridgehead atoms. The fourth-order valence-electron chi connectivity index (χ4n) is 1.03. The van der Waals surface area contributed by atoms with Gasteiger partial charge in [-0.2, -0.15) is 0 Å². The zero-order valence-corrected chi connectivity index (χ0v) is 9.50.